The Bertz CT molecular complexity index is 916. The van der Waals surface area contributed by atoms with Gasteiger partial charge in [-0.2, -0.15) is 14.8 Å². The van der Waals surface area contributed by atoms with E-state index in [2.05, 4.69) is 29.1 Å². The van der Waals surface area contributed by atoms with Gasteiger partial charge in [-0.25, -0.2) is 0 Å². The summed E-state index contributed by atoms with van der Waals surface area (Å²) in [4.78, 5) is 7.41. The van der Waals surface area contributed by atoms with Crippen molar-refractivity contribution in [3.05, 3.63) is 35.9 Å². The predicted octanol–water partition coefficient (Wildman–Crippen LogP) is 4.09. The molecule has 3 heterocycles. The molecule has 1 aliphatic carbocycles. The maximum atomic E-state index is 5.68. The van der Waals surface area contributed by atoms with Crippen LogP contribution < -0.4 is 0 Å². The average molecular weight is 365 g/mol. The minimum Gasteiger partial charge on any atom is -0.337 e. The third kappa shape index (κ3) is 3.06. The number of aryl methyl sites for hydroxylation is 1. The maximum absolute atomic E-state index is 5.68. The Labute approximate surface area is 159 Å². The van der Waals surface area contributed by atoms with Crippen molar-refractivity contribution in [1.29, 1.82) is 0 Å². The van der Waals surface area contributed by atoms with Crippen LogP contribution in [0.5, 0.6) is 0 Å². The van der Waals surface area contributed by atoms with Gasteiger partial charge in [-0.05, 0) is 69.3 Å². The first kappa shape index (κ1) is 16.9. The topological polar surface area (TPSA) is 60.0 Å². The Kier molecular flexibility index (Phi) is 4.44. The first-order valence-electron chi connectivity index (χ1n) is 10.4. The first-order valence-corrected chi connectivity index (χ1v) is 10.4. The average Bonchev–Trinajstić information content (AvgIpc) is 3.47. The highest BCUT2D eigenvalue weighted by Crippen LogP contribution is 2.35. The van der Waals surface area contributed by atoms with Crippen molar-refractivity contribution in [2.24, 2.45) is 0 Å². The fourth-order valence-electron chi connectivity index (χ4n) is 4.82. The second-order valence-corrected chi connectivity index (χ2v) is 7.91. The van der Waals surface area contributed by atoms with E-state index in [9.17, 15) is 0 Å². The van der Waals surface area contributed by atoms with Gasteiger partial charge in [0.2, 0.25) is 5.89 Å². The van der Waals surface area contributed by atoms with Crippen LogP contribution in [0.2, 0.25) is 0 Å². The summed E-state index contributed by atoms with van der Waals surface area (Å²) >= 11 is 0. The molecule has 1 aromatic carbocycles. The molecule has 6 heteroatoms. The highest BCUT2D eigenvalue weighted by molar-refractivity contribution is 5.83. The highest BCUT2D eigenvalue weighted by Gasteiger charge is 2.30. The van der Waals surface area contributed by atoms with E-state index >= 15 is 0 Å². The van der Waals surface area contributed by atoms with Gasteiger partial charge in [0.05, 0.1) is 11.2 Å². The quantitative estimate of drug-likeness (QED) is 0.697. The van der Waals surface area contributed by atoms with Crippen molar-refractivity contribution in [3.8, 4) is 5.95 Å². The number of nitrogens with zero attached hydrogens (tertiary/aromatic N) is 5. The van der Waals surface area contributed by atoms with E-state index in [1.165, 1.54) is 38.8 Å². The molecule has 2 fully saturated rings. The lowest BCUT2D eigenvalue weighted by molar-refractivity contribution is 0.172. The van der Waals surface area contributed by atoms with Gasteiger partial charge in [-0.1, -0.05) is 25.1 Å². The van der Waals surface area contributed by atoms with Crippen molar-refractivity contribution in [2.45, 2.75) is 63.8 Å². The van der Waals surface area contributed by atoms with Gasteiger partial charge >= 0.3 is 0 Å². The summed E-state index contributed by atoms with van der Waals surface area (Å²) in [6.07, 6.45) is 8.39. The van der Waals surface area contributed by atoms with E-state index in [4.69, 9.17) is 14.6 Å². The first-order chi connectivity index (χ1) is 13.3. The third-order valence-electron chi connectivity index (χ3n) is 6.32. The SMILES string of the molecule is CCc1nn(-c2noc(C3CCC(N4CCCC4)CC3)n2)c2ccccc12. The molecule has 2 aliphatic rings. The molecule has 1 saturated carbocycles. The number of hydrogen-bond donors (Lipinski definition) is 0. The van der Waals surface area contributed by atoms with Gasteiger partial charge in [-0.15, -0.1) is 0 Å². The van der Waals surface area contributed by atoms with Crippen LogP contribution in [-0.2, 0) is 6.42 Å². The van der Waals surface area contributed by atoms with Crippen molar-refractivity contribution in [1.82, 2.24) is 24.8 Å². The number of fused-ring (bicyclic) bond motifs is 1. The zero-order chi connectivity index (χ0) is 18.2. The van der Waals surface area contributed by atoms with Crippen molar-refractivity contribution < 1.29 is 4.52 Å². The molecular formula is C21H27N5O. The number of likely N-dealkylation sites (tertiary alicyclic amines) is 1. The van der Waals surface area contributed by atoms with Crippen molar-refractivity contribution >= 4 is 10.9 Å². The number of aromatic nitrogens is 4. The molecule has 0 atom stereocenters. The van der Waals surface area contributed by atoms with Gasteiger partial charge in [0.25, 0.3) is 5.95 Å². The molecule has 142 valence electrons. The van der Waals surface area contributed by atoms with Crippen molar-refractivity contribution in [2.75, 3.05) is 13.1 Å². The number of para-hydroxylation sites is 1. The lowest BCUT2D eigenvalue weighted by atomic mass is 9.85. The van der Waals surface area contributed by atoms with Crippen LogP contribution in [0.4, 0.5) is 0 Å². The number of hydrogen-bond acceptors (Lipinski definition) is 5. The van der Waals surface area contributed by atoms with Crippen LogP contribution in [0.1, 0.15) is 63.0 Å². The molecule has 3 aromatic rings. The Hall–Kier alpha value is -2.21. The van der Waals surface area contributed by atoms with E-state index in [0.29, 0.717) is 11.9 Å². The molecule has 1 aliphatic heterocycles. The molecule has 27 heavy (non-hydrogen) atoms. The van der Waals surface area contributed by atoms with Gasteiger partial charge in [0.15, 0.2) is 0 Å². The summed E-state index contributed by atoms with van der Waals surface area (Å²) in [6.45, 7) is 4.69. The molecule has 5 rings (SSSR count). The fourth-order valence-corrected chi connectivity index (χ4v) is 4.82. The predicted molar refractivity (Wildman–Crippen MR) is 104 cm³/mol. The lowest BCUT2D eigenvalue weighted by Gasteiger charge is -2.33. The largest absolute Gasteiger partial charge is 0.337 e. The summed E-state index contributed by atoms with van der Waals surface area (Å²) in [5.41, 5.74) is 2.11. The smallest absolute Gasteiger partial charge is 0.291 e. The Morgan fingerprint density at radius 2 is 1.85 bits per heavy atom. The standard InChI is InChI=1S/C21H27N5O/c1-2-18-17-7-3-4-8-19(17)26(23-18)21-22-20(27-24-21)15-9-11-16(12-10-15)25-13-5-6-14-25/h3-4,7-8,15-16H,2,5-6,9-14H2,1H3. The van der Waals surface area contributed by atoms with Crippen LogP contribution in [0.15, 0.2) is 28.8 Å². The molecule has 0 N–H and O–H groups in total. The highest BCUT2D eigenvalue weighted by atomic mass is 16.5. The molecule has 6 nitrogen and oxygen atoms in total. The second kappa shape index (κ2) is 7.08. The Morgan fingerprint density at radius 1 is 1.07 bits per heavy atom. The van der Waals surface area contributed by atoms with Crippen LogP contribution in [0.25, 0.3) is 16.9 Å². The minimum absolute atomic E-state index is 0.387. The van der Waals surface area contributed by atoms with E-state index in [0.717, 1.165) is 47.8 Å². The summed E-state index contributed by atoms with van der Waals surface area (Å²) in [5.74, 6) is 1.72. The molecule has 1 saturated heterocycles. The summed E-state index contributed by atoms with van der Waals surface area (Å²) in [7, 11) is 0. The van der Waals surface area contributed by atoms with E-state index in [1.807, 2.05) is 16.8 Å². The van der Waals surface area contributed by atoms with Crippen LogP contribution in [-0.4, -0.2) is 44.0 Å². The van der Waals surface area contributed by atoms with Crippen LogP contribution in [0.3, 0.4) is 0 Å². The van der Waals surface area contributed by atoms with Gasteiger partial charge in [0.1, 0.15) is 0 Å². The van der Waals surface area contributed by atoms with E-state index in [1.54, 1.807) is 0 Å². The molecule has 0 bridgehead atoms. The zero-order valence-electron chi connectivity index (χ0n) is 16.0. The van der Waals surface area contributed by atoms with Crippen LogP contribution >= 0.6 is 0 Å². The van der Waals surface area contributed by atoms with E-state index in [-0.39, 0.29) is 0 Å². The van der Waals surface area contributed by atoms with Gasteiger partial charge in [0, 0.05) is 17.3 Å². The van der Waals surface area contributed by atoms with Gasteiger partial charge in [-0.3, -0.25) is 0 Å². The van der Waals surface area contributed by atoms with Crippen molar-refractivity contribution in [3.63, 3.8) is 0 Å². The second-order valence-electron chi connectivity index (χ2n) is 7.91. The molecule has 2 aromatic heterocycles. The number of benzene rings is 1. The van der Waals surface area contributed by atoms with Gasteiger partial charge < -0.3 is 9.42 Å². The van der Waals surface area contributed by atoms with Crippen LogP contribution in [0, 0.1) is 0 Å². The third-order valence-corrected chi connectivity index (χ3v) is 6.32. The molecule has 0 spiro atoms. The summed E-state index contributed by atoms with van der Waals surface area (Å²) < 4.78 is 7.51. The van der Waals surface area contributed by atoms with E-state index < -0.39 is 0 Å². The molecular weight excluding hydrogens is 338 g/mol. The number of rotatable bonds is 4. The molecule has 0 amide bonds. The summed E-state index contributed by atoms with van der Waals surface area (Å²) in [6, 6.07) is 9.01. The normalized spacial score (nSPS) is 24.0. The Balaban J connectivity index is 1.35. The minimum atomic E-state index is 0.387. The molecule has 0 unspecified atom stereocenters. The lowest BCUT2D eigenvalue weighted by Crippen LogP contribution is -2.35. The maximum Gasteiger partial charge on any atom is 0.291 e. The summed E-state index contributed by atoms with van der Waals surface area (Å²) in [5, 5.41) is 10.2. The Morgan fingerprint density at radius 3 is 2.63 bits per heavy atom. The fraction of sp³-hybridized carbons (Fsp3) is 0.571. The zero-order valence-corrected chi connectivity index (χ0v) is 16.0. The monoisotopic (exact) mass is 365 g/mol. The molecule has 0 radical (unpaired) electrons.